The Morgan fingerprint density at radius 2 is 2.27 bits per heavy atom. The van der Waals surface area contributed by atoms with E-state index in [0.717, 1.165) is 23.9 Å². The van der Waals surface area contributed by atoms with Crippen LogP contribution in [0.2, 0.25) is 0 Å². The van der Waals surface area contributed by atoms with E-state index in [0.29, 0.717) is 0 Å². The first-order chi connectivity index (χ1) is 7.20. The Kier molecular flexibility index (Phi) is 2.73. The van der Waals surface area contributed by atoms with Gasteiger partial charge in [-0.3, -0.25) is 0 Å². The number of aryl methyl sites for hydroxylation is 2. The van der Waals surface area contributed by atoms with Crippen molar-refractivity contribution in [3.05, 3.63) is 28.0 Å². The summed E-state index contributed by atoms with van der Waals surface area (Å²) in [4.78, 5) is 9.90. The second-order valence-corrected chi connectivity index (χ2v) is 4.38. The SMILES string of the molecule is CNc1nc(C)cn1Cc1scnc1C. The Balaban J connectivity index is 2.27. The summed E-state index contributed by atoms with van der Waals surface area (Å²) in [7, 11) is 1.89. The van der Waals surface area contributed by atoms with Crippen LogP contribution in [0, 0.1) is 13.8 Å². The maximum absolute atomic E-state index is 4.38. The van der Waals surface area contributed by atoms with Crippen LogP contribution in [0.5, 0.6) is 0 Å². The smallest absolute Gasteiger partial charge is 0.203 e. The lowest BCUT2D eigenvalue weighted by atomic mass is 10.4. The monoisotopic (exact) mass is 222 g/mol. The van der Waals surface area contributed by atoms with Crippen LogP contribution in [0.1, 0.15) is 16.3 Å². The summed E-state index contributed by atoms with van der Waals surface area (Å²) >= 11 is 1.69. The molecule has 0 spiro atoms. The van der Waals surface area contributed by atoms with E-state index in [2.05, 4.69) is 19.9 Å². The highest BCUT2D eigenvalue weighted by atomic mass is 32.1. The molecule has 0 aliphatic rings. The molecule has 80 valence electrons. The molecule has 2 rings (SSSR count). The van der Waals surface area contributed by atoms with Crippen LogP contribution in [-0.4, -0.2) is 21.6 Å². The normalized spacial score (nSPS) is 10.6. The van der Waals surface area contributed by atoms with Crippen LogP contribution in [0.15, 0.2) is 11.7 Å². The third-order valence-corrected chi connectivity index (χ3v) is 3.20. The summed E-state index contributed by atoms with van der Waals surface area (Å²) in [6.45, 7) is 4.87. The summed E-state index contributed by atoms with van der Waals surface area (Å²) in [5.74, 6) is 0.903. The zero-order valence-corrected chi connectivity index (χ0v) is 9.93. The lowest BCUT2D eigenvalue weighted by Crippen LogP contribution is -2.03. The first kappa shape index (κ1) is 10.2. The second kappa shape index (κ2) is 4.02. The van der Waals surface area contributed by atoms with Gasteiger partial charge >= 0.3 is 0 Å². The largest absolute Gasteiger partial charge is 0.359 e. The Labute approximate surface area is 93.0 Å². The highest BCUT2D eigenvalue weighted by Gasteiger charge is 2.07. The van der Waals surface area contributed by atoms with Crippen LogP contribution in [0.3, 0.4) is 0 Å². The summed E-state index contributed by atoms with van der Waals surface area (Å²) in [6.07, 6.45) is 2.05. The minimum Gasteiger partial charge on any atom is -0.359 e. The van der Waals surface area contributed by atoms with Gasteiger partial charge in [0.15, 0.2) is 0 Å². The molecular weight excluding hydrogens is 208 g/mol. The van der Waals surface area contributed by atoms with E-state index in [1.165, 1.54) is 4.88 Å². The molecule has 0 aliphatic heterocycles. The number of imidazole rings is 1. The van der Waals surface area contributed by atoms with Crippen molar-refractivity contribution in [2.45, 2.75) is 20.4 Å². The maximum Gasteiger partial charge on any atom is 0.203 e. The van der Waals surface area contributed by atoms with E-state index in [1.807, 2.05) is 32.6 Å². The average Bonchev–Trinajstić information content (AvgIpc) is 2.75. The van der Waals surface area contributed by atoms with Crippen LogP contribution in [0.4, 0.5) is 5.95 Å². The lowest BCUT2D eigenvalue weighted by Gasteiger charge is -2.05. The van der Waals surface area contributed by atoms with Crippen LogP contribution >= 0.6 is 11.3 Å². The molecule has 2 aromatic rings. The summed E-state index contributed by atoms with van der Waals surface area (Å²) < 4.78 is 2.11. The third kappa shape index (κ3) is 2.02. The summed E-state index contributed by atoms with van der Waals surface area (Å²) in [6, 6.07) is 0. The van der Waals surface area contributed by atoms with E-state index in [9.17, 15) is 0 Å². The molecule has 0 saturated heterocycles. The Morgan fingerprint density at radius 3 is 2.87 bits per heavy atom. The standard InChI is InChI=1S/C10H14N4S/c1-7-4-14(10(11-3)13-7)5-9-8(2)12-6-15-9/h4,6H,5H2,1-3H3,(H,11,13). The van der Waals surface area contributed by atoms with Crippen molar-refractivity contribution < 1.29 is 0 Å². The van der Waals surface area contributed by atoms with Crippen LogP contribution in [0.25, 0.3) is 0 Å². The fraction of sp³-hybridized carbons (Fsp3) is 0.400. The van der Waals surface area contributed by atoms with Crippen molar-refractivity contribution in [2.75, 3.05) is 12.4 Å². The summed E-state index contributed by atoms with van der Waals surface area (Å²) in [5, 5.41) is 3.08. The molecule has 0 fully saturated rings. The summed E-state index contributed by atoms with van der Waals surface area (Å²) in [5.41, 5.74) is 4.02. The van der Waals surface area contributed by atoms with Gasteiger partial charge in [-0.15, -0.1) is 11.3 Å². The maximum atomic E-state index is 4.38. The highest BCUT2D eigenvalue weighted by Crippen LogP contribution is 2.17. The first-order valence-corrected chi connectivity index (χ1v) is 5.69. The number of nitrogens with one attached hydrogen (secondary N) is 1. The molecule has 0 aromatic carbocycles. The highest BCUT2D eigenvalue weighted by molar-refractivity contribution is 7.09. The van der Waals surface area contributed by atoms with Crippen molar-refractivity contribution in [3.8, 4) is 0 Å². The molecule has 0 saturated carbocycles. The fourth-order valence-electron chi connectivity index (χ4n) is 1.50. The van der Waals surface area contributed by atoms with Crippen molar-refractivity contribution in [1.82, 2.24) is 14.5 Å². The fourth-order valence-corrected chi connectivity index (χ4v) is 2.27. The molecule has 0 aliphatic carbocycles. The Hall–Kier alpha value is -1.36. The van der Waals surface area contributed by atoms with Gasteiger partial charge in [-0.05, 0) is 13.8 Å². The molecule has 0 radical (unpaired) electrons. The van der Waals surface area contributed by atoms with E-state index in [4.69, 9.17) is 0 Å². The minimum atomic E-state index is 0.841. The predicted molar refractivity (Wildman–Crippen MR) is 62.5 cm³/mol. The first-order valence-electron chi connectivity index (χ1n) is 4.81. The van der Waals surface area contributed by atoms with Gasteiger partial charge < -0.3 is 9.88 Å². The van der Waals surface area contributed by atoms with Gasteiger partial charge in [0.1, 0.15) is 0 Å². The van der Waals surface area contributed by atoms with Crippen LogP contribution < -0.4 is 5.32 Å². The molecule has 5 heteroatoms. The van der Waals surface area contributed by atoms with Crippen molar-refractivity contribution in [2.24, 2.45) is 0 Å². The van der Waals surface area contributed by atoms with E-state index in [-0.39, 0.29) is 0 Å². The Morgan fingerprint density at radius 1 is 1.47 bits per heavy atom. The predicted octanol–water partition coefficient (Wildman–Crippen LogP) is 2.05. The zero-order valence-electron chi connectivity index (χ0n) is 9.11. The van der Waals surface area contributed by atoms with Crippen molar-refractivity contribution in [3.63, 3.8) is 0 Å². The molecule has 0 unspecified atom stereocenters. The van der Waals surface area contributed by atoms with E-state index in [1.54, 1.807) is 11.3 Å². The zero-order chi connectivity index (χ0) is 10.8. The van der Waals surface area contributed by atoms with Gasteiger partial charge in [-0.25, -0.2) is 9.97 Å². The van der Waals surface area contributed by atoms with E-state index < -0.39 is 0 Å². The molecule has 0 bridgehead atoms. The van der Waals surface area contributed by atoms with Gasteiger partial charge in [0.05, 0.1) is 23.4 Å². The van der Waals surface area contributed by atoms with Crippen molar-refractivity contribution in [1.29, 1.82) is 0 Å². The molecule has 0 atom stereocenters. The number of aromatic nitrogens is 3. The number of thiazole rings is 1. The average molecular weight is 222 g/mol. The Bertz CT molecular complexity index is 458. The molecule has 2 heterocycles. The molecule has 2 aromatic heterocycles. The van der Waals surface area contributed by atoms with Gasteiger partial charge in [-0.2, -0.15) is 0 Å². The number of hydrogen-bond acceptors (Lipinski definition) is 4. The van der Waals surface area contributed by atoms with Gasteiger partial charge in [0, 0.05) is 18.1 Å². The minimum absolute atomic E-state index is 0.841. The van der Waals surface area contributed by atoms with Gasteiger partial charge in [0.25, 0.3) is 0 Å². The number of anilines is 1. The molecule has 4 nitrogen and oxygen atoms in total. The number of rotatable bonds is 3. The quantitative estimate of drug-likeness (QED) is 0.864. The van der Waals surface area contributed by atoms with Crippen LogP contribution in [-0.2, 0) is 6.54 Å². The van der Waals surface area contributed by atoms with Crippen molar-refractivity contribution >= 4 is 17.3 Å². The van der Waals surface area contributed by atoms with Gasteiger partial charge in [-0.1, -0.05) is 0 Å². The molecule has 0 amide bonds. The lowest BCUT2D eigenvalue weighted by molar-refractivity contribution is 0.809. The topological polar surface area (TPSA) is 42.7 Å². The molecule has 1 N–H and O–H groups in total. The van der Waals surface area contributed by atoms with Gasteiger partial charge in [0.2, 0.25) is 5.95 Å². The second-order valence-electron chi connectivity index (χ2n) is 3.44. The number of hydrogen-bond donors (Lipinski definition) is 1. The molecular formula is C10H14N4S. The number of nitrogens with zero attached hydrogens (tertiary/aromatic N) is 3. The third-order valence-electron chi connectivity index (χ3n) is 2.28. The van der Waals surface area contributed by atoms with E-state index >= 15 is 0 Å². The molecule has 15 heavy (non-hydrogen) atoms.